The number of nitrogens with one attached hydrogen (secondary N) is 2. The second kappa shape index (κ2) is 6.49. The Balaban J connectivity index is 2.00. The lowest BCUT2D eigenvalue weighted by Gasteiger charge is -2.10. The molecule has 1 amide bonds. The molecule has 0 heterocycles. The van der Waals surface area contributed by atoms with Crippen LogP contribution in [0.5, 0.6) is 5.75 Å². The van der Waals surface area contributed by atoms with Crippen molar-refractivity contribution in [3.63, 3.8) is 0 Å². The molecule has 0 saturated carbocycles. The number of thiocarbonyl (C=S) groups is 1. The Morgan fingerprint density at radius 2 is 1.75 bits per heavy atom. The molecule has 0 saturated heterocycles. The zero-order valence-electron chi connectivity index (χ0n) is 10.3. The molecule has 20 heavy (non-hydrogen) atoms. The standard InChI is InChI=1S/C14H11BrN2O2S/c15-10-7-5-9(6-8-10)13(19)17-14(20)16-11-3-1-2-4-12(11)18/h1-8,18H,(H2,16,17,19,20). The Labute approximate surface area is 130 Å². The van der Waals surface area contributed by atoms with Crippen LogP contribution in [-0.2, 0) is 0 Å². The van der Waals surface area contributed by atoms with E-state index in [1.807, 2.05) is 0 Å². The minimum absolute atomic E-state index is 0.0627. The second-order valence-corrected chi connectivity index (χ2v) is 5.26. The molecule has 102 valence electrons. The molecular weight excluding hydrogens is 340 g/mol. The van der Waals surface area contributed by atoms with Crippen LogP contribution in [-0.4, -0.2) is 16.1 Å². The van der Waals surface area contributed by atoms with Crippen molar-refractivity contribution in [1.82, 2.24) is 5.32 Å². The van der Waals surface area contributed by atoms with Crippen molar-refractivity contribution < 1.29 is 9.90 Å². The number of para-hydroxylation sites is 2. The maximum Gasteiger partial charge on any atom is 0.257 e. The van der Waals surface area contributed by atoms with Gasteiger partial charge in [0.15, 0.2) is 5.11 Å². The molecule has 0 aromatic heterocycles. The fourth-order valence-corrected chi connectivity index (χ4v) is 1.98. The maximum absolute atomic E-state index is 11.9. The molecule has 0 aliphatic heterocycles. The number of anilines is 1. The van der Waals surface area contributed by atoms with Gasteiger partial charge in [0, 0.05) is 10.0 Å². The molecule has 6 heteroatoms. The number of hydrogen-bond acceptors (Lipinski definition) is 3. The van der Waals surface area contributed by atoms with Crippen LogP contribution < -0.4 is 10.6 Å². The number of phenols is 1. The lowest BCUT2D eigenvalue weighted by atomic mass is 10.2. The van der Waals surface area contributed by atoms with Crippen LogP contribution in [0.2, 0.25) is 0 Å². The van der Waals surface area contributed by atoms with Crippen LogP contribution >= 0.6 is 28.1 Å². The number of carbonyl (C=O) groups excluding carboxylic acids is 1. The highest BCUT2D eigenvalue weighted by molar-refractivity contribution is 9.10. The van der Waals surface area contributed by atoms with E-state index in [1.54, 1.807) is 42.5 Å². The van der Waals surface area contributed by atoms with Crippen LogP contribution in [0.25, 0.3) is 0 Å². The summed E-state index contributed by atoms with van der Waals surface area (Å²) in [4.78, 5) is 11.9. The van der Waals surface area contributed by atoms with E-state index in [0.717, 1.165) is 4.47 Å². The van der Waals surface area contributed by atoms with Gasteiger partial charge < -0.3 is 10.4 Å². The normalized spacial score (nSPS) is 9.85. The summed E-state index contributed by atoms with van der Waals surface area (Å²) in [5.74, 6) is -0.252. The third-order valence-electron chi connectivity index (χ3n) is 2.49. The third kappa shape index (κ3) is 3.79. The lowest BCUT2D eigenvalue weighted by molar-refractivity contribution is 0.0977. The average molecular weight is 351 g/mol. The number of phenolic OH excluding ortho intramolecular Hbond substituents is 1. The van der Waals surface area contributed by atoms with Gasteiger partial charge in [0.25, 0.3) is 5.91 Å². The summed E-state index contributed by atoms with van der Waals surface area (Å²) in [6.45, 7) is 0. The molecule has 2 rings (SSSR count). The zero-order valence-corrected chi connectivity index (χ0v) is 12.7. The van der Waals surface area contributed by atoms with Gasteiger partial charge in [-0.3, -0.25) is 10.1 Å². The van der Waals surface area contributed by atoms with Gasteiger partial charge >= 0.3 is 0 Å². The van der Waals surface area contributed by atoms with Crippen LogP contribution in [0, 0.1) is 0 Å². The molecule has 4 nitrogen and oxygen atoms in total. The van der Waals surface area contributed by atoms with Crippen molar-refractivity contribution in [3.05, 3.63) is 58.6 Å². The van der Waals surface area contributed by atoms with Crippen LogP contribution in [0.1, 0.15) is 10.4 Å². The SMILES string of the molecule is O=C(NC(=S)Nc1ccccc1O)c1ccc(Br)cc1. The fraction of sp³-hybridized carbons (Fsp3) is 0. The first kappa shape index (κ1) is 14.5. The maximum atomic E-state index is 11.9. The number of rotatable bonds is 2. The van der Waals surface area contributed by atoms with Crippen LogP contribution in [0.4, 0.5) is 5.69 Å². The van der Waals surface area contributed by atoms with Gasteiger partial charge in [-0.15, -0.1) is 0 Å². The third-order valence-corrected chi connectivity index (χ3v) is 3.22. The number of benzene rings is 2. The summed E-state index contributed by atoms with van der Waals surface area (Å²) in [5.41, 5.74) is 0.934. The molecule has 2 aromatic rings. The summed E-state index contributed by atoms with van der Waals surface area (Å²) in [6.07, 6.45) is 0. The van der Waals surface area contributed by atoms with Gasteiger partial charge in [-0.25, -0.2) is 0 Å². The van der Waals surface area contributed by atoms with E-state index in [9.17, 15) is 9.90 Å². The van der Waals surface area contributed by atoms with Gasteiger partial charge in [0.05, 0.1) is 5.69 Å². The molecule has 2 aromatic carbocycles. The highest BCUT2D eigenvalue weighted by Crippen LogP contribution is 2.21. The fourth-order valence-electron chi connectivity index (χ4n) is 1.51. The first-order chi connectivity index (χ1) is 9.56. The van der Waals surface area contributed by atoms with E-state index in [0.29, 0.717) is 11.3 Å². The van der Waals surface area contributed by atoms with E-state index in [1.165, 1.54) is 6.07 Å². The van der Waals surface area contributed by atoms with Crippen LogP contribution in [0.15, 0.2) is 53.0 Å². The highest BCUT2D eigenvalue weighted by atomic mass is 79.9. The van der Waals surface area contributed by atoms with Crippen molar-refractivity contribution >= 4 is 44.9 Å². The monoisotopic (exact) mass is 350 g/mol. The second-order valence-electron chi connectivity index (χ2n) is 3.93. The van der Waals surface area contributed by atoms with Crippen molar-refractivity contribution in [1.29, 1.82) is 0 Å². The molecule has 0 atom stereocenters. The topological polar surface area (TPSA) is 61.4 Å². The van der Waals surface area contributed by atoms with Crippen molar-refractivity contribution in [2.24, 2.45) is 0 Å². The first-order valence-corrected chi connectivity index (χ1v) is 6.92. The summed E-state index contributed by atoms with van der Waals surface area (Å²) in [6, 6.07) is 13.5. The predicted molar refractivity (Wildman–Crippen MR) is 85.9 cm³/mol. The quantitative estimate of drug-likeness (QED) is 0.574. The summed E-state index contributed by atoms with van der Waals surface area (Å²) in [5, 5.41) is 15.0. The van der Waals surface area contributed by atoms with E-state index < -0.39 is 0 Å². The Morgan fingerprint density at radius 3 is 2.40 bits per heavy atom. The summed E-state index contributed by atoms with van der Waals surface area (Å²) < 4.78 is 0.893. The van der Waals surface area contributed by atoms with Crippen molar-refractivity contribution in [3.8, 4) is 5.75 Å². The van der Waals surface area contributed by atoms with Gasteiger partial charge in [0.1, 0.15) is 5.75 Å². The number of hydrogen-bond donors (Lipinski definition) is 3. The van der Waals surface area contributed by atoms with Crippen molar-refractivity contribution in [2.75, 3.05) is 5.32 Å². The Hall–Kier alpha value is -1.92. The van der Waals surface area contributed by atoms with Gasteiger partial charge in [-0.1, -0.05) is 28.1 Å². The van der Waals surface area contributed by atoms with E-state index in [2.05, 4.69) is 26.6 Å². The first-order valence-electron chi connectivity index (χ1n) is 5.72. The minimum Gasteiger partial charge on any atom is -0.506 e. The van der Waals surface area contributed by atoms with E-state index in [4.69, 9.17) is 12.2 Å². The molecule has 0 aliphatic rings. The molecule has 0 aliphatic carbocycles. The van der Waals surface area contributed by atoms with Gasteiger partial charge in [-0.05, 0) is 48.6 Å². The zero-order chi connectivity index (χ0) is 14.5. The molecule has 0 spiro atoms. The Morgan fingerprint density at radius 1 is 1.10 bits per heavy atom. The van der Waals surface area contributed by atoms with Gasteiger partial charge in [0.2, 0.25) is 0 Å². The number of halogens is 1. The predicted octanol–water partition coefficient (Wildman–Crippen LogP) is 3.28. The Bertz CT molecular complexity index is 644. The average Bonchev–Trinajstić information content (AvgIpc) is 2.42. The largest absolute Gasteiger partial charge is 0.506 e. The lowest BCUT2D eigenvalue weighted by Crippen LogP contribution is -2.34. The smallest absolute Gasteiger partial charge is 0.257 e. The molecule has 0 radical (unpaired) electrons. The molecule has 0 bridgehead atoms. The highest BCUT2D eigenvalue weighted by Gasteiger charge is 2.08. The number of amides is 1. The molecular formula is C14H11BrN2O2S. The summed E-state index contributed by atoms with van der Waals surface area (Å²) in [7, 11) is 0. The molecule has 0 unspecified atom stereocenters. The van der Waals surface area contributed by atoms with Crippen molar-refractivity contribution in [2.45, 2.75) is 0 Å². The number of aromatic hydroxyl groups is 1. The van der Waals surface area contributed by atoms with Crippen LogP contribution in [0.3, 0.4) is 0 Å². The van der Waals surface area contributed by atoms with E-state index in [-0.39, 0.29) is 16.8 Å². The number of carbonyl (C=O) groups is 1. The molecule has 3 N–H and O–H groups in total. The van der Waals surface area contributed by atoms with Gasteiger partial charge in [-0.2, -0.15) is 0 Å². The minimum atomic E-state index is -0.314. The summed E-state index contributed by atoms with van der Waals surface area (Å²) >= 11 is 8.33. The molecule has 0 fully saturated rings. The van der Waals surface area contributed by atoms with E-state index >= 15 is 0 Å². The Kier molecular flexibility index (Phi) is 4.70.